The molecule has 0 bridgehead atoms. The van der Waals surface area contributed by atoms with Gasteiger partial charge < -0.3 is 18.9 Å². The van der Waals surface area contributed by atoms with Crippen molar-refractivity contribution >= 4 is 5.78 Å². The van der Waals surface area contributed by atoms with Gasteiger partial charge in [0.2, 0.25) is 0 Å². The number of carbonyl (C=O) groups is 1. The number of ketones is 1. The molecule has 4 saturated heterocycles. The van der Waals surface area contributed by atoms with Crippen LogP contribution < -0.4 is 0 Å². The number of hydrogen-bond donors (Lipinski definition) is 0. The van der Waals surface area contributed by atoms with Crippen molar-refractivity contribution in [1.82, 2.24) is 0 Å². The Balaban J connectivity index is 1.18. The van der Waals surface area contributed by atoms with E-state index in [1.54, 1.807) is 19.1 Å². The third-order valence-electron chi connectivity index (χ3n) is 13.9. The van der Waals surface area contributed by atoms with Gasteiger partial charge in [-0.05, 0) is 125 Å². The molecule has 50 heavy (non-hydrogen) atoms. The summed E-state index contributed by atoms with van der Waals surface area (Å²) in [5, 5.41) is 0. The van der Waals surface area contributed by atoms with E-state index in [1.165, 1.54) is 32.1 Å². The molecular formula is C44H63FO5. The van der Waals surface area contributed by atoms with Crippen molar-refractivity contribution in [3.63, 3.8) is 0 Å². The summed E-state index contributed by atoms with van der Waals surface area (Å²) >= 11 is 0. The Kier molecular flexibility index (Phi) is 12.3. The van der Waals surface area contributed by atoms with Crippen LogP contribution in [0, 0.1) is 53.8 Å². The fourth-order valence-corrected chi connectivity index (χ4v) is 10.8. The Labute approximate surface area is 301 Å². The molecule has 4 heterocycles. The maximum atomic E-state index is 14.3. The van der Waals surface area contributed by atoms with Gasteiger partial charge in [0.25, 0.3) is 0 Å². The van der Waals surface area contributed by atoms with Gasteiger partial charge in [0.15, 0.2) is 0 Å². The minimum atomic E-state index is -0.444. The lowest BCUT2D eigenvalue weighted by Crippen LogP contribution is -2.41. The molecule has 6 aliphatic rings. The summed E-state index contributed by atoms with van der Waals surface area (Å²) in [7, 11) is 0. The van der Waals surface area contributed by atoms with Crippen LogP contribution >= 0.6 is 0 Å². The number of fused-ring (bicyclic) bond motifs is 2. The van der Waals surface area contributed by atoms with E-state index in [0.29, 0.717) is 80.3 Å². The average molecular weight is 691 g/mol. The van der Waals surface area contributed by atoms with E-state index in [4.69, 9.17) is 25.4 Å². The average Bonchev–Trinajstić information content (AvgIpc) is 4.04. The van der Waals surface area contributed by atoms with Crippen LogP contribution in [0.4, 0.5) is 4.39 Å². The van der Waals surface area contributed by atoms with Crippen molar-refractivity contribution in [2.75, 3.05) is 13.2 Å². The number of epoxide rings is 2. The maximum absolute atomic E-state index is 14.3. The molecule has 276 valence electrons. The highest BCUT2D eigenvalue weighted by Gasteiger charge is 2.64. The first-order chi connectivity index (χ1) is 24.1. The standard InChI is InChI=1S/C44H63FO5/c1-7-13-30(24-34(45)8-2)19-23-40(46)33(25-41-43(6,49-41)38-16-11-14-31-20-18-29(5)47-27-36(31)38)26-42-44(10-4,50-42)39-17-12-15-32-21-22-35(9-3)48-28-37(32)39/h3,7,10,13,24,29,31-33,35-39,41-42H,1,4,8,11-12,14-23,25-28H2,2,5-6H3. The summed E-state index contributed by atoms with van der Waals surface area (Å²) in [6.45, 7) is 15.9. The molecule has 5 nitrogen and oxygen atoms in total. The Morgan fingerprint density at radius 2 is 1.60 bits per heavy atom. The van der Waals surface area contributed by atoms with E-state index < -0.39 is 5.60 Å². The predicted molar refractivity (Wildman–Crippen MR) is 197 cm³/mol. The van der Waals surface area contributed by atoms with Gasteiger partial charge in [0.05, 0.1) is 43.0 Å². The van der Waals surface area contributed by atoms with Crippen LogP contribution in [0.1, 0.15) is 117 Å². The first-order valence-electron chi connectivity index (χ1n) is 20.0. The van der Waals surface area contributed by atoms with E-state index in [1.807, 2.05) is 12.2 Å². The minimum Gasteiger partial charge on any atom is -0.378 e. The zero-order valence-electron chi connectivity index (χ0n) is 31.1. The van der Waals surface area contributed by atoms with Gasteiger partial charge in [-0.25, -0.2) is 4.39 Å². The molecule has 13 unspecified atom stereocenters. The van der Waals surface area contributed by atoms with Crippen LogP contribution in [0.2, 0.25) is 0 Å². The molecule has 0 spiro atoms. The fraction of sp³-hybridized carbons (Fsp3) is 0.750. The van der Waals surface area contributed by atoms with E-state index in [2.05, 4.69) is 32.9 Å². The number of hydrogen-bond acceptors (Lipinski definition) is 5. The van der Waals surface area contributed by atoms with Crippen LogP contribution in [0.5, 0.6) is 0 Å². The monoisotopic (exact) mass is 690 g/mol. The van der Waals surface area contributed by atoms with Crippen molar-refractivity contribution in [2.24, 2.45) is 41.4 Å². The molecule has 6 rings (SSSR count). The Bertz CT molecular complexity index is 1330. The van der Waals surface area contributed by atoms with Crippen molar-refractivity contribution in [3.05, 3.63) is 48.9 Å². The number of rotatable bonds is 14. The molecule has 0 aromatic carbocycles. The number of carbonyl (C=O) groups excluding carboxylic acids is 1. The summed E-state index contributed by atoms with van der Waals surface area (Å²) in [4.78, 5) is 14.3. The molecule has 0 aromatic rings. The zero-order chi connectivity index (χ0) is 35.5. The summed E-state index contributed by atoms with van der Waals surface area (Å²) < 4.78 is 40.2. The molecule has 2 aliphatic carbocycles. The molecule has 13 atom stereocenters. The van der Waals surface area contributed by atoms with Crippen LogP contribution in [0.25, 0.3) is 0 Å². The van der Waals surface area contributed by atoms with Crippen molar-refractivity contribution in [1.29, 1.82) is 0 Å². The Hall–Kier alpha value is -2.04. The topological polar surface area (TPSA) is 60.6 Å². The normalized spacial score (nSPS) is 42.5. The second kappa shape index (κ2) is 16.3. The fourth-order valence-electron chi connectivity index (χ4n) is 10.8. The largest absolute Gasteiger partial charge is 0.378 e. The molecule has 0 N–H and O–H groups in total. The molecule has 6 fully saturated rings. The van der Waals surface area contributed by atoms with Crippen LogP contribution in [0.3, 0.4) is 0 Å². The summed E-state index contributed by atoms with van der Waals surface area (Å²) in [6, 6.07) is 0. The highest BCUT2D eigenvalue weighted by Crippen LogP contribution is 2.58. The molecule has 4 aliphatic heterocycles. The number of allylic oxidation sites excluding steroid dienone is 5. The summed E-state index contributed by atoms with van der Waals surface area (Å²) in [5.74, 6) is 5.57. The second-order valence-corrected chi connectivity index (χ2v) is 16.7. The van der Waals surface area contributed by atoms with Crippen LogP contribution in [-0.4, -0.2) is 54.6 Å². The van der Waals surface area contributed by atoms with Gasteiger partial charge in [-0.15, -0.1) is 13.0 Å². The van der Waals surface area contributed by atoms with Gasteiger partial charge >= 0.3 is 0 Å². The van der Waals surface area contributed by atoms with E-state index >= 15 is 0 Å². The van der Waals surface area contributed by atoms with Gasteiger partial charge in [-0.3, -0.25) is 4.79 Å². The molecule has 0 radical (unpaired) electrons. The number of terminal acetylenes is 1. The summed E-state index contributed by atoms with van der Waals surface area (Å²) in [6.07, 6.45) is 27.1. The van der Waals surface area contributed by atoms with E-state index in [0.717, 1.165) is 44.3 Å². The SMILES string of the molecule is C#CC1CCC2CCCC(C3(C=C)OC3CC(CC3OC3(C)C3CCCC4CCC(C)OCC43)C(=O)CCC(C=C(F)CC)=CC=C)C2CO1. The minimum absolute atomic E-state index is 0.0355. The molecule has 0 amide bonds. The quantitative estimate of drug-likeness (QED) is 0.0787. The van der Waals surface area contributed by atoms with Gasteiger partial charge in [-0.2, -0.15) is 0 Å². The first kappa shape index (κ1) is 37.7. The zero-order valence-corrected chi connectivity index (χ0v) is 31.1. The Morgan fingerprint density at radius 3 is 2.30 bits per heavy atom. The maximum Gasteiger partial charge on any atom is 0.136 e. The highest BCUT2D eigenvalue weighted by atomic mass is 19.1. The molecule has 0 aromatic heterocycles. The second-order valence-electron chi connectivity index (χ2n) is 16.7. The molecule has 6 heteroatoms. The predicted octanol–water partition coefficient (Wildman–Crippen LogP) is 9.67. The smallest absolute Gasteiger partial charge is 0.136 e. The van der Waals surface area contributed by atoms with E-state index in [-0.39, 0.29) is 41.4 Å². The van der Waals surface area contributed by atoms with Gasteiger partial charge in [0.1, 0.15) is 17.5 Å². The van der Waals surface area contributed by atoms with Crippen molar-refractivity contribution in [2.45, 2.75) is 153 Å². The highest BCUT2D eigenvalue weighted by molar-refractivity contribution is 5.81. The number of Topliss-reactive ketones (excluding diaryl/α,β-unsaturated/α-hetero) is 1. The van der Waals surface area contributed by atoms with Crippen LogP contribution in [0.15, 0.2) is 48.9 Å². The number of halogens is 1. The summed E-state index contributed by atoms with van der Waals surface area (Å²) in [5.41, 5.74) is 0.118. The molecule has 2 saturated carbocycles. The lowest BCUT2D eigenvalue weighted by atomic mass is 9.64. The lowest BCUT2D eigenvalue weighted by Gasteiger charge is -2.39. The van der Waals surface area contributed by atoms with Crippen LogP contribution in [-0.2, 0) is 23.7 Å². The Morgan fingerprint density at radius 1 is 0.920 bits per heavy atom. The van der Waals surface area contributed by atoms with Crippen molar-refractivity contribution in [3.8, 4) is 12.3 Å². The first-order valence-corrected chi connectivity index (χ1v) is 20.0. The third-order valence-corrected chi connectivity index (χ3v) is 13.9. The van der Waals surface area contributed by atoms with Crippen molar-refractivity contribution < 1.29 is 28.1 Å². The lowest BCUT2D eigenvalue weighted by molar-refractivity contribution is -0.123. The van der Waals surface area contributed by atoms with E-state index in [9.17, 15) is 9.18 Å². The van der Waals surface area contributed by atoms with Gasteiger partial charge in [-0.1, -0.05) is 63.3 Å². The molecular weight excluding hydrogens is 627 g/mol. The number of ether oxygens (including phenoxy) is 4. The third kappa shape index (κ3) is 8.12. The van der Waals surface area contributed by atoms with Gasteiger partial charge in [0, 0.05) is 12.3 Å².